The quantitative estimate of drug-likeness (QED) is 0.466. The lowest BCUT2D eigenvalue weighted by Gasteiger charge is -2.15. The molecule has 2 N–H and O–H groups in total. The van der Waals surface area contributed by atoms with Crippen molar-refractivity contribution in [3.63, 3.8) is 0 Å². The molecule has 0 saturated heterocycles. The zero-order valence-corrected chi connectivity index (χ0v) is 17.7. The molecular weight excluding hydrogens is 424 g/mol. The molecule has 7 nitrogen and oxygen atoms in total. The highest BCUT2D eigenvalue weighted by molar-refractivity contribution is 7.99. The molecule has 30 heavy (non-hydrogen) atoms. The maximum atomic E-state index is 13.3. The van der Waals surface area contributed by atoms with Gasteiger partial charge >= 0.3 is 6.03 Å². The van der Waals surface area contributed by atoms with E-state index in [-0.39, 0.29) is 17.4 Å². The Labute approximate surface area is 181 Å². The summed E-state index contributed by atoms with van der Waals surface area (Å²) in [7, 11) is 0. The van der Waals surface area contributed by atoms with E-state index in [1.54, 1.807) is 42.5 Å². The number of nitrogens with one attached hydrogen (secondary N) is 2. The van der Waals surface area contributed by atoms with Crippen LogP contribution in [0.4, 0.5) is 4.79 Å². The second kappa shape index (κ2) is 8.49. The van der Waals surface area contributed by atoms with Crippen molar-refractivity contribution in [3.05, 3.63) is 63.4 Å². The van der Waals surface area contributed by atoms with Crippen LogP contribution >= 0.6 is 23.4 Å². The minimum Gasteiger partial charge on any atom is -0.335 e. The zero-order chi connectivity index (χ0) is 21.3. The molecule has 0 atom stereocenters. The normalized spacial score (nSPS) is 13.3. The van der Waals surface area contributed by atoms with E-state index in [1.165, 1.54) is 4.57 Å². The molecule has 1 aromatic heterocycles. The van der Waals surface area contributed by atoms with Crippen molar-refractivity contribution in [2.45, 2.75) is 31.0 Å². The first kappa shape index (κ1) is 20.4. The average Bonchev–Trinajstić information content (AvgIpc) is 3.53. The number of para-hydroxylation sites is 1. The largest absolute Gasteiger partial charge is 0.335 e. The summed E-state index contributed by atoms with van der Waals surface area (Å²) >= 11 is 7.35. The fourth-order valence-corrected chi connectivity index (χ4v) is 3.98. The van der Waals surface area contributed by atoms with Gasteiger partial charge in [0.05, 0.1) is 22.3 Å². The van der Waals surface area contributed by atoms with E-state index in [9.17, 15) is 14.4 Å². The van der Waals surface area contributed by atoms with Crippen molar-refractivity contribution >= 4 is 46.2 Å². The topological polar surface area (TPSA) is 93.1 Å². The predicted molar refractivity (Wildman–Crippen MR) is 118 cm³/mol. The number of fused-ring (bicyclic) bond motifs is 1. The SMILES string of the molecule is Cc1c(Cl)cccc1-n1c(SCC(=O)NC(=O)NC2CC2)nc2ccccc2c1=O. The van der Waals surface area contributed by atoms with E-state index < -0.39 is 11.9 Å². The van der Waals surface area contributed by atoms with Crippen molar-refractivity contribution in [1.82, 2.24) is 20.2 Å². The molecule has 0 spiro atoms. The van der Waals surface area contributed by atoms with Crippen LogP contribution in [0, 0.1) is 6.92 Å². The molecule has 0 aliphatic heterocycles. The summed E-state index contributed by atoms with van der Waals surface area (Å²) in [6.45, 7) is 1.82. The third-order valence-electron chi connectivity index (χ3n) is 4.72. The summed E-state index contributed by atoms with van der Waals surface area (Å²) in [6.07, 6.45) is 1.87. The van der Waals surface area contributed by atoms with Crippen LogP contribution < -0.4 is 16.2 Å². The van der Waals surface area contributed by atoms with Crippen LogP contribution in [0.3, 0.4) is 0 Å². The van der Waals surface area contributed by atoms with Gasteiger partial charge in [-0.1, -0.05) is 41.6 Å². The number of halogens is 1. The summed E-state index contributed by atoms with van der Waals surface area (Å²) in [6, 6.07) is 12.0. The van der Waals surface area contributed by atoms with Gasteiger partial charge in [0.25, 0.3) is 5.56 Å². The second-order valence-corrected chi connectivity index (χ2v) is 8.37. The zero-order valence-electron chi connectivity index (χ0n) is 16.1. The molecular formula is C21H19ClN4O3S. The number of aromatic nitrogens is 2. The molecule has 1 fully saturated rings. The summed E-state index contributed by atoms with van der Waals surface area (Å²) in [5.41, 5.74) is 1.61. The second-order valence-electron chi connectivity index (χ2n) is 7.02. The molecule has 9 heteroatoms. The molecule has 1 aliphatic carbocycles. The fourth-order valence-electron chi connectivity index (χ4n) is 3.00. The van der Waals surface area contributed by atoms with E-state index in [1.807, 2.05) is 6.92 Å². The number of amides is 3. The number of hydrogen-bond donors (Lipinski definition) is 2. The Bertz CT molecular complexity index is 1210. The number of nitrogens with zero attached hydrogens (tertiary/aromatic N) is 2. The van der Waals surface area contributed by atoms with Crippen molar-refractivity contribution < 1.29 is 9.59 Å². The number of benzene rings is 2. The molecule has 2 aromatic carbocycles. The molecule has 3 aromatic rings. The lowest BCUT2D eigenvalue weighted by molar-refractivity contribution is -0.117. The Morgan fingerprint density at radius 1 is 1.20 bits per heavy atom. The van der Waals surface area contributed by atoms with Crippen molar-refractivity contribution in [2.24, 2.45) is 0 Å². The van der Waals surface area contributed by atoms with Gasteiger partial charge in [0, 0.05) is 11.1 Å². The van der Waals surface area contributed by atoms with Gasteiger partial charge < -0.3 is 5.32 Å². The molecule has 0 unspecified atom stereocenters. The van der Waals surface area contributed by atoms with Crippen LogP contribution in [0.5, 0.6) is 0 Å². The molecule has 154 valence electrons. The van der Waals surface area contributed by atoms with Gasteiger partial charge in [-0.15, -0.1) is 0 Å². The minimum absolute atomic E-state index is 0.0670. The van der Waals surface area contributed by atoms with E-state index >= 15 is 0 Å². The standard InChI is InChI=1S/C21H19ClN4O3S/c1-12-15(22)6-4-8-17(12)26-19(28)14-5-2-3-7-16(14)24-21(26)30-11-18(27)25-20(29)23-13-9-10-13/h2-8,13H,9-11H2,1H3,(H2,23,25,27,29). The number of carbonyl (C=O) groups is 2. The number of hydrogen-bond acceptors (Lipinski definition) is 5. The van der Waals surface area contributed by atoms with Crippen LogP contribution in [0.1, 0.15) is 18.4 Å². The van der Waals surface area contributed by atoms with Gasteiger partial charge in [-0.3, -0.25) is 19.5 Å². The summed E-state index contributed by atoms with van der Waals surface area (Å²) < 4.78 is 1.46. The van der Waals surface area contributed by atoms with E-state index in [0.29, 0.717) is 26.8 Å². The monoisotopic (exact) mass is 442 g/mol. The van der Waals surface area contributed by atoms with Gasteiger partial charge in [0.15, 0.2) is 5.16 Å². The number of urea groups is 1. The lowest BCUT2D eigenvalue weighted by atomic mass is 10.2. The molecule has 4 rings (SSSR count). The molecule has 1 heterocycles. The number of imide groups is 1. The smallest absolute Gasteiger partial charge is 0.321 e. The first-order chi connectivity index (χ1) is 14.4. The van der Waals surface area contributed by atoms with Crippen molar-refractivity contribution in [1.29, 1.82) is 0 Å². The minimum atomic E-state index is -0.502. The van der Waals surface area contributed by atoms with Crippen LogP contribution in [0.2, 0.25) is 5.02 Å². The maximum absolute atomic E-state index is 13.3. The van der Waals surface area contributed by atoms with Crippen molar-refractivity contribution in [2.75, 3.05) is 5.75 Å². The van der Waals surface area contributed by atoms with Crippen LogP contribution in [-0.4, -0.2) is 33.3 Å². The van der Waals surface area contributed by atoms with Gasteiger partial charge in [-0.2, -0.15) is 0 Å². The Morgan fingerprint density at radius 2 is 1.97 bits per heavy atom. The number of carbonyl (C=O) groups excluding carboxylic acids is 2. The van der Waals surface area contributed by atoms with E-state index in [4.69, 9.17) is 11.6 Å². The molecule has 0 radical (unpaired) electrons. The van der Waals surface area contributed by atoms with Crippen LogP contribution in [-0.2, 0) is 4.79 Å². The molecule has 1 saturated carbocycles. The van der Waals surface area contributed by atoms with Gasteiger partial charge in [0.2, 0.25) is 5.91 Å². The van der Waals surface area contributed by atoms with E-state index in [0.717, 1.165) is 30.2 Å². The Hall–Kier alpha value is -2.84. The van der Waals surface area contributed by atoms with Gasteiger partial charge in [0.1, 0.15) is 0 Å². The Balaban J connectivity index is 1.67. The third-order valence-corrected chi connectivity index (χ3v) is 6.07. The Morgan fingerprint density at radius 3 is 2.73 bits per heavy atom. The van der Waals surface area contributed by atoms with Crippen LogP contribution in [0.25, 0.3) is 16.6 Å². The summed E-state index contributed by atoms with van der Waals surface area (Å²) in [4.78, 5) is 41.9. The first-order valence-electron chi connectivity index (χ1n) is 9.44. The Kier molecular flexibility index (Phi) is 5.78. The van der Waals surface area contributed by atoms with Gasteiger partial charge in [-0.25, -0.2) is 9.78 Å². The summed E-state index contributed by atoms with van der Waals surface area (Å²) in [5, 5.41) is 6.35. The highest BCUT2D eigenvalue weighted by atomic mass is 35.5. The molecule has 0 bridgehead atoms. The molecule has 1 aliphatic rings. The average molecular weight is 443 g/mol. The number of thioether (sulfide) groups is 1. The third kappa shape index (κ3) is 4.34. The maximum Gasteiger partial charge on any atom is 0.321 e. The van der Waals surface area contributed by atoms with Crippen molar-refractivity contribution in [3.8, 4) is 5.69 Å². The number of rotatable bonds is 5. The highest BCUT2D eigenvalue weighted by Crippen LogP contribution is 2.26. The lowest BCUT2D eigenvalue weighted by Crippen LogP contribution is -2.41. The summed E-state index contributed by atoms with van der Waals surface area (Å²) in [5.74, 6) is -0.530. The van der Waals surface area contributed by atoms with Gasteiger partial charge in [-0.05, 0) is 49.6 Å². The van der Waals surface area contributed by atoms with E-state index in [2.05, 4.69) is 15.6 Å². The molecule has 3 amide bonds. The predicted octanol–water partition coefficient (Wildman–Crippen LogP) is 3.43. The highest BCUT2D eigenvalue weighted by Gasteiger charge is 2.24. The fraction of sp³-hybridized carbons (Fsp3) is 0.238. The first-order valence-corrected chi connectivity index (χ1v) is 10.8. The van der Waals surface area contributed by atoms with Crippen LogP contribution in [0.15, 0.2) is 52.4 Å².